The van der Waals surface area contributed by atoms with Crippen LogP contribution in [0.15, 0.2) is 42.7 Å². The number of rotatable bonds is 5. The molecule has 1 aliphatic rings. The van der Waals surface area contributed by atoms with Gasteiger partial charge in [0.15, 0.2) is 0 Å². The van der Waals surface area contributed by atoms with Gasteiger partial charge in [0.2, 0.25) is 5.91 Å². The van der Waals surface area contributed by atoms with Gasteiger partial charge in [0.05, 0.1) is 11.9 Å². The topological polar surface area (TPSA) is 46.9 Å². The first-order valence-corrected chi connectivity index (χ1v) is 8.18. The fourth-order valence-electron chi connectivity index (χ4n) is 3.05. The lowest BCUT2D eigenvalue weighted by Crippen LogP contribution is -2.24. The third kappa shape index (κ3) is 3.97. The number of carbonyl (C=O) groups is 1. The summed E-state index contributed by atoms with van der Waals surface area (Å²) in [5, 5.41) is 7.34. The Morgan fingerprint density at radius 1 is 1.18 bits per heavy atom. The van der Waals surface area contributed by atoms with Crippen molar-refractivity contribution >= 4 is 11.6 Å². The summed E-state index contributed by atoms with van der Waals surface area (Å²) < 4.78 is 1.89. The van der Waals surface area contributed by atoms with Crippen LogP contribution in [0.4, 0.5) is 5.69 Å². The fourth-order valence-corrected chi connectivity index (χ4v) is 3.05. The summed E-state index contributed by atoms with van der Waals surface area (Å²) >= 11 is 0. The number of amides is 1. The normalized spacial score (nSPS) is 15.6. The Bertz CT molecular complexity index is 600. The zero-order chi connectivity index (χ0) is 15.2. The number of aryl methyl sites for hydroxylation is 2. The van der Waals surface area contributed by atoms with Crippen molar-refractivity contribution in [2.45, 2.75) is 45.1 Å². The van der Waals surface area contributed by atoms with Crippen molar-refractivity contribution in [1.29, 1.82) is 0 Å². The number of hydrogen-bond donors (Lipinski definition) is 1. The molecule has 1 heterocycles. The summed E-state index contributed by atoms with van der Waals surface area (Å²) in [6.07, 6.45) is 10.3. The molecule has 1 aromatic heterocycles. The zero-order valence-corrected chi connectivity index (χ0v) is 12.9. The average molecular weight is 297 g/mol. The van der Waals surface area contributed by atoms with Crippen molar-refractivity contribution in [2.24, 2.45) is 5.92 Å². The van der Waals surface area contributed by atoms with Crippen LogP contribution in [0.25, 0.3) is 0 Å². The van der Waals surface area contributed by atoms with Gasteiger partial charge in [-0.25, -0.2) is 0 Å². The number of hydrogen-bond acceptors (Lipinski definition) is 2. The van der Waals surface area contributed by atoms with E-state index in [0.29, 0.717) is 0 Å². The van der Waals surface area contributed by atoms with Crippen LogP contribution in [0.5, 0.6) is 0 Å². The summed E-state index contributed by atoms with van der Waals surface area (Å²) in [7, 11) is 0. The summed E-state index contributed by atoms with van der Waals surface area (Å²) in [5.74, 6) is 0.337. The van der Waals surface area contributed by atoms with Crippen molar-refractivity contribution in [3.8, 4) is 0 Å². The number of nitrogens with zero attached hydrogens (tertiary/aromatic N) is 2. The molecular formula is C18H23N3O. The monoisotopic (exact) mass is 297 g/mol. The molecule has 1 amide bonds. The Labute approximate surface area is 131 Å². The maximum absolute atomic E-state index is 12.2. The van der Waals surface area contributed by atoms with Crippen LogP contribution in [-0.4, -0.2) is 15.7 Å². The predicted molar refractivity (Wildman–Crippen MR) is 87.6 cm³/mol. The minimum Gasteiger partial charge on any atom is -0.323 e. The molecule has 0 unspecified atom stereocenters. The highest BCUT2D eigenvalue weighted by Gasteiger charge is 2.21. The third-order valence-corrected chi connectivity index (χ3v) is 4.35. The molecule has 0 bridgehead atoms. The van der Waals surface area contributed by atoms with Crippen LogP contribution < -0.4 is 5.32 Å². The lowest BCUT2D eigenvalue weighted by atomic mass is 9.89. The lowest BCUT2D eigenvalue weighted by Gasteiger charge is -2.20. The summed E-state index contributed by atoms with van der Waals surface area (Å²) in [6.45, 7) is 0.823. The Hall–Kier alpha value is -2.10. The highest BCUT2D eigenvalue weighted by atomic mass is 16.1. The number of carbonyl (C=O) groups excluding carboxylic acids is 1. The van der Waals surface area contributed by atoms with E-state index in [1.807, 2.05) is 29.1 Å². The van der Waals surface area contributed by atoms with Gasteiger partial charge < -0.3 is 5.32 Å². The molecule has 0 spiro atoms. The second kappa shape index (κ2) is 7.25. The zero-order valence-electron chi connectivity index (χ0n) is 12.9. The van der Waals surface area contributed by atoms with Gasteiger partial charge in [-0.05, 0) is 24.8 Å². The van der Waals surface area contributed by atoms with Crippen molar-refractivity contribution in [1.82, 2.24) is 9.78 Å². The highest BCUT2D eigenvalue weighted by Crippen LogP contribution is 2.24. The maximum Gasteiger partial charge on any atom is 0.227 e. The molecule has 0 aliphatic heterocycles. The van der Waals surface area contributed by atoms with Gasteiger partial charge >= 0.3 is 0 Å². The van der Waals surface area contributed by atoms with E-state index in [2.05, 4.69) is 22.5 Å². The predicted octanol–water partition coefficient (Wildman–Crippen LogP) is 3.64. The molecule has 0 atom stereocenters. The average Bonchev–Trinajstić information content (AvgIpc) is 3.02. The number of anilines is 1. The molecule has 1 fully saturated rings. The number of aromatic nitrogens is 2. The first-order valence-electron chi connectivity index (χ1n) is 8.18. The van der Waals surface area contributed by atoms with Crippen LogP contribution >= 0.6 is 0 Å². The highest BCUT2D eigenvalue weighted by molar-refractivity contribution is 5.92. The molecule has 3 rings (SSSR count). The van der Waals surface area contributed by atoms with Crippen molar-refractivity contribution in [3.63, 3.8) is 0 Å². The van der Waals surface area contributed by atoms with Crippen LogP contribution in [0.2, 0.25) is 0 Å². The van der Waals surface area contributed by atoms with Gasteiger partial charge in [0.25, 0.3) is 0 Å². The number of nitrogens with one attached hydrogen (secondary N) is 1. The molecule has 2 aromatic rings. The van der Waals surface area contributed by atoms with E-state index in [9.17, 15) is 4.79 Å². The molecule has 1 aliphatic carbocycles. The second-order valence-electron chi connectivity index (χ2n) is 6.05. The molecule has 4 heteroatoms. The van der Waals surface area contributed by atoms with Crippen LogP contribution in [0.1, 0.15) is 37.7 Å². The molecule has 4 nitrogen and oxygen atoms in total. The smallest absolute Gasteiger partial charge is 0.227 e. The van der Waals surface area contributed by atoms with Gasteiger partial charge in [0, 0.05) is 18.7 Å². The fraction of sp³-hybridized carbons (Fsp3) is 0.444. The van der Waals surface area contributed by atoms with Gasteiger partial charge in [-0.1, -0.05) is 49.6 Å². The Morgan fingerprint density at radius 3 is 2.73 bits per heavy atom. The minimum absolute atomic E-state index is 0.155. The molecule has 22 heavy (non-hydrogen) atoms. The molecular weight excluding hydrogens is 274 g/mol. The van der Waals surface area contributed by atoms with Gasteiger partial charge in [0.1, 0.15) is 0 Å². The molecule has 1 saturated carbocycles. The van der Waals surface area contributed by atoms with Crippen molar-refractivity contribution in [2.75, 3.05) is 5.32 Å². The van der Waals surface area contributed by atoms with Crippen molar-refractivity contribution in [3.05, 3.63) is 48.3 Å². The molecule has 0 radical (unpaired) electrons. The minimum atomic E-state index is 0.155. The van der Waals surface area contributed by atoms with E-state index in [0.717, 1.165) is 31.5 Å². The SMILES string of the molecule is O=C(Nc1cnn(CCc2ccccc2)c1)C1CCCCC1. The van der Waals surface area contributed by atoms with E-state index >= 15 is 0 Å². The number of benzene rings is 1. The second-order valence-corrected chi connectivity index (χ2v) is 6.05. The largest absolute Gasteiger partial charge is 0.323 e. The van der Waals surface area contributed by atoms with E-state index in [1.165, 1.54) is 24.8 Å². The summed E-state index contributed by atoms with van der Waals surface area (Å²) in [5.41, 5.74) is 2.11. The Balaban J connectivity index is 1.51. The first-order chi connectivity index (χ1) is 10.8. The van der Waals surface area contributed by atoms with Gasteiger partial charge in [-0.2, -0.15) is 5.10 Å². The van der Waals surface area contributed by atoms with E-state index in [-0.39, 0.29) is 11.8 Å². The summed E-state index contributed by atoms with van der Waals surface area (Å²) in [6, 6.07) is 10.4. The van der Waals surface area contributed by atoms with Gasteiger partial charge in [-0.3, -0.25) is 9.48 Å². The third-order valence-electron chi connectivity index (χ3n) is 4.35. The maximum atomic E-state index is 12.2. The van der Waals surface area contributed by atoms with E-state index in [1.54, 1.807) is 6.20 Å². The first kappa shape index (κ1) is 14.8. The Kier molecular flexibility index (Phi) is 4.88. The van der Waals surface area contributed by atoms with Crippen LogP contribution in [0, 0.1) is 5.92 Å². The summed E-state index contributed by atoms with van der Waals surface area (Å²) in [4.78, 5) is 12.2. The molecule has 1 aromatic carbocycles. The molecule has 0 saturated heterocycles. The quantitative estimate of drug-likeness (QED) is 0.915. The van der Waals surface area contributed by atoms with Crippen molar-refractivity contribution < 1.29 is 4.79 Å². The van der Waals surface area contributed by atoms with E-state index < -0.39 is 0 Å². The van der Waals surface area contributed by atoms with Gasteiger partial charge in [-0.15, -0.1) is 0 Å². The van der Waals surface area contributed by atoms with E-state index in [4.69, 9.17) is 0 Å². The standard InChI is InChI=1S/C18H23N3O/c22-18(16-9-5-2-6-10-16)20-17-13-19-21(14-17)12-11-15-7-3-1-4-8-15/h1,3-4,7-8,13-14,16H,2,5-6,9-12H2,(H,20,22). The van der Waals surface area contributed by atoms with Crippen LogP contribution in [0.3, 0.4) is 0 Å². The molecule has 116 valence electrons. The molecule has 1 N–H and O–H groups in total. The van der Waals surface area contributed by atoms with Crippen LogP contribution in [-0.2, 0) is 17.8 Å². The Morgan fingerprint density at radius 2 is 1.95 bits per heavy atom. The lowest BCUT2D eigenvalue weighted by molar-refractivity contribution is -0.120.